The fraction of sp³-hybridized carbons (Fsp3) is 0.890. The molecule has 0 saturated carbocycles. The highest BCUT2D eigenvalue weighted by molar-refractivity contribution is 7.99. The molecule has 0 bridgehead atoms. The Labute approximate surface area is 659 Å². The second-order valence-corrected chi connectivity index (χ2v) is 32.8. The maximum absolute atomic E-state index is 14.9. The summed E-state index contributed by atoms with van der Waals surface area (Å²) in [5.74, 6) is -4.99. The van der Waals surface area contributed by atoms with Crippen LogP contribution >= 0.6 is 24.4 Å². The smallest absolute Gasteiger partial charge is 0.315 e. The normalized spacial score (nSPS) is 13.5. The van der Waals surface area contributed by atoms with Gasteiger partial charge in [-0.05, 0) is 136 Å². The number of rotatable bonds is 77. The van der Waals surface area contributed by atoms with Crippen LogP contribution in [0.1, 0.15) is 369 Å². The molecule has 0 aromatic heterocycles. The van der Waals surface area contributed by atoms with Gasteiger partial charge in [0.2, 0.25) is 35.4 Å². The van der Waals surface area contributed by atoms with E-state index < -0.39 is 94.5 Å². The molecule has 23 nitrogen and oxygen atoms in total. The van der Waals surface area contributed by atoms with Crippen LogP contribution in [0.3, 0.4) is 0 Å². The van der Waals surface area contributed by atoms with E-state index >= 15 is 0 Å². The molecule has 626 valence electrons. The third kappa shape index (κ3) is 60.0. The zero-order valence-corrected chi connectivity index (χ0v) is 69.9. The number of nitrogens with two attached hydrogens (primary N) is 5. The van der Waals surface area contributed by atoms with E-state index in [1.54, 1.807) is 13.8 Å². The van der Waals surface area contributed by atoms with Crippen molar-refractivity contribution in [3.8, 4) is 0 Å². The molecule has 17 N–H and O–H groups in total. The number of amides is 8. The van der Waals surface area contributed by atoms with Crippen molar-refractivity contribution in [2.45, 2.75) is 416 Å². The molecule has 1 unspecified atom stereocenters. The van der Waals surface area contributed by atoms with E-state index in [1.165, 1.54) is 179 Å². The van der Waals surface area contributed by atoms with Gasteiger partial charge >= 0.3 is 18.0 Å². The van der Waals surface area contributed by atoms with Gasteiger partial charge in [0.25, 0.3) is 0 Å². The van der Waals surface area contributed by atoms with Crippen LogP contribution in [-0.2, 0) is 47.8 Å². The summed E-state index contributed by atoms with van der Waals surface area (Å²) in [5.41, 5.74) is 29.0. The monoisotopic (exact) mass is 1550 g/mol. The minimum atomic E-state index is -1.41. The Morgan fingerprint density at radius 3 is 1.01 bits per heavy atom. The van der Waals surface area contributed by atoms with Crippen LogP contribution in [0.5, 0.6) is 0 Å². The third-order valence-electron chi connectivity index (χ3n) is 19.8. The first-order valence-electron chi connectivity index (χ1n) is 43.0. The van der Waals surface area contributed by atoms with Crippen LogP contribution in [0.2, 0.25) is 0 Å². The van der Waals surface area contributed by atoms with Crippen molar-refractivity contribution in [2.24, 2.45) is 28.7 Å². The Morgan fingerprint density at radius 1 is 0.355 bits per heavy atom. The number of thioether (sulfide) groups is 1. The second kappa shape index (κ2) is 71.9. The third-order valence-corrected chi connectivity index (χ3v) is 21.3. The van der Waals surface area contributed by atoms with Crippen molar-refractivity contribution in [3.63, 3.8) is 0 Å². The number of primary amides is 1. The van der Waals surface area contributed by atoms with Gasteiger partial charge in [0.15, 0.2) is 0 Å². The largest absolute Gasteiger partial charge is 0.462 e. The summed E-state index contributed by atoms with van der Waals surface area (Å²) in [7, 11) is 0. The van der Waals surface area contributed by atoms with Gasteiger partial charge in [-0.1, -0.05) is 245 Å². The van der Waals surface area contributed by atoms with Crippen LogP contribution in [0, 0.1) is 0 Å². The van der Waals surface area contributed by atoms with Gasteiger partial charge < -0.3 is 75.4 Å². The fourth-order valence-corrected chi connectivity index (χ4v) is 14.2. The maximum Gasteiger partial charge on any atom is 0.315 e. The van der Waals surface area contributed by atoms with Gasteiger partial charge in [-0.15, -0.1) is 0 Å². The van der Waals surface area contributed by atoms with Gasteiger partial charge in [0.05, 0.1) is 0 Å². The quantitative estimate of drug-likeness (QED) is 0.0153. The Morgan fingerprint density at radius 2 is 0.664 bits per heavy atom. The van der Waals surface area contributed by atoms with Crippen LogP contribution < -0.4 is 65.9 Å². The molecule has 0 aliphatic carbocycles. The molecule has 0 aromatic carbocycles. The average molecular weight is 1550 g/mol. The van der Waals surface area contributed by atoms with Crippen LogP contribution in [-0.4, -0.2) is 151 Å². The van der Waals surface area contributed by atoms with Gasteiger partial charge in [0.1, 0.15) is 49.0 Å². The van der Waals surface area contributed by atoms with Crippen molar-refractivity contribution < 1.29 is 52.6 Å². The summed E-state index contributed by atoms with van der Waals surface area (Å²) >= 11 is 6.03. The van der Waals surface area contributed by atoms with Gasteiger partial charge in [0, 0.05) is 35.6 Å². The van der Waals surface area contributed by atoms with Crippen LogP contribution in [0.4, 0.5) is 4.79 Å². The molecule has 8 amide bonds. The number of ether oxygens (including phenoxy) is 2. The van der Waals surface area contributed by atoms with E-state index in [0.29, 0.717) is 96.9 Å². The number of hydrogen-bond acceptors (Lipinski definition) is 17. The fourth-order valence-electron chi connectivity index (χ4n) is 13.0. The topological polar surface area (TPSA) is 386 Å². The summed E-state index contributed by atoms with van der Waals surface area (Å²) in [6.07, 6.45) is 48.5. The van der Waals surface area contributed by atoms with Crippen molar-refractivity contribution in [1.82, 2.24) is 37.2 Å². The number of esters is 2. The zero-order chi connectivity index (χ0) is 79.2. The lowest BCUT2D eigenvalue weighted by Crippen LogP contribution is -2.63. The lowest BCUT2D eigenvalue weighted by atomic mass is 10.00. The van der Waals surface area contributed by atoms with E-state index in [9.17, 15) is 43.2 Å². The predicted octanol–water partition coefficient (Wildman–Crippen LogP) is 13.6. The number of carbonyl (C=O) groups excluding carboxylic acids is 9. The van der Waals surface area contributed by atoms with E-state index in [-0.39, 0.29) is 62.6 Å². The average Bonchev–Trinajstić information content (AvgIpc) is 0.834. The number of urea groups is 1. The minimum Gasteiger partial charge on any atom is -0.462 e. The molecule has 107 heavy (non-hydrogen) atoms. The zero-order valence-electron chi connectivity index (χ0n) is 68.2. The first-order chi connectivity index (χ1) is 51.7. The highest BCUT2D eigenvalue weighted by Crippen LogP contribution is 2.22. The molecular weight excluding hydrogens is 1390 g/mol. The molecule has 0 rings (SSSR count). The van der Waals surface area contributed by atoms with Crippen molar-refractivity contribution >= 4 is 77.8 Å². The van der Waals surface area contributed by atoms with Crippen LogP contribution in [0.25, 0.3) is 0 Å². The lowest BCUT2D eigenvalue weighted by molar-refractivity contribution is -0.157. The highest BCUT2D eigenvalue weighted by atomic mass is 32.2. The number of thiol groups is 1. The Kier molecular flexibility index (Phi) is 68.9. The SMILES string of the molecule is CCCCCCCCCCCCCCCC(=O)OCC(CSC[C@H](NC(=O)NCCCCCCCCCCCCCC)C(=O)N[C@H](C(=O)N[C@@H](CCCCN)C(=O)N[C@@H](CCCCN)C(=O)N[C@@H](CCCCN)C(=O)N[C@@H](CCCCN)C(N)=O)C(C)(C)S)OC(=O)CCCCCCCCCCCCCCC. The molecule has 0 aliphatic heterocycles. The maximum atomic E-state index is 14.9. The number of carbonyl (C=O) groups is 9. The second-order valence-electron chi connectivity index (χ2n) is 30.5. The summed E-state index contributed by atoms with van der Waals surface area (Å²) in [6.45, 7) is 11.5. The van der Waals surface area contributed by atoms with Crippen molar-refractivity contribution in [1.29, 1.82) is 0 Å². The molecular formula is C82H160N12O11S2. The van der Waals surface area contributed by atoms with E-state index in [4.69, 9.17) is 50.8 Å². The summed E-state index contributed by atoms with van der Waals surface area (Å²) in [5, 5.41) is 19.8. The molecule has 0 radical (unpaired) electrons. The van der Waals surface area contributed by atoms with Gasteiger partial charge in [-0.25, -0.2) is 4.79 Å². The molecule has 0 saturated heterocycles. The van der Waals surface area contributed by atoms with Crippen molar-refractivity contribution in [3.05, 3.63) is 0 Å². The molecule has 0 aliphatic rings. The molecule has 0 aromatic rings. The van der Waals surface area contributed by atoms with E-state index in [0.717, 1.165) is 64.2 Å². The molecule has 7 atom stereocenters. The number of nitrogens with one attached hydrogen (secondary N) is 7. The molecule has 25 heteroatoms. The molecule has 0 spiro atoms. The van der Waals surface area contributed by atoms with Crippen LogP contribution in [0.15, 0.2) is 0 Å². The Balaban J connectivity index is 6.82. The minimum absolute atomic E-state index is 0.0488. The Hall–Kier alpha value is -4.43. The van der Waals surface area contributed by atoms with Gasteiger partial charge in [-0.3, -0.25) is 38.4 Å². The summed E-state index contributed by atoms with van der Waals surface area (Å²) in [4.78, 5) is 126. The molecule has 0 heterocycles. The first kappa shape index (κ1) is 103. The number of unbranched alkanes of at least 4 members (excludes halogenated alkanes) is 39. The van der Waals surface area contributed by atoms with E-state index in [1.807, 2.05) is 0 Å². The predicted molar refractivity (Wildman–Crippen MR) is 444 cm³/mol. The summed E-state index contributed by atoms with van der Waals surface area (Å²) in [6, 6.07) is -7.87. The highest BCUT2D eigenvalue weighted by Gasteiger charge is 2.39. The summed E-state index contributed by atoms with van der Waals surface area (Å²) < 4.78 is 10.6. The van der Waals surface area contributed by atoms with Gasteiger partial charge in [-0.2, -0.15) is 24.4 Å². The Bertz CT molecular complexity index is 2260. The van der Waals surface area contributed by atoms with Crippen molar-refractivity contribution in [2.75, 3.05) is 50.8 Å². The molecule has 0 fully saturated rings. The lowest BCUT2D eigenvalue weighted by Gasteiger charge is -2.33. The first-order valence-corrected chi connectivity index (χ1v) is 44.6. The van der Waals surface area contributed by atoms with E-state index in [2.05, 4.69) is 58.0 Å². The standard InChI is InChI=1S/C82H160N12O11S2/c1-6-9-12-15-18-21-24-27-29-32-35-38-41-56-72(95)104-63-66(105-73(96)57-42-39-36-33-30-28-25-22-19-16-13-10-7-2)64-107-65-71(93-81(103)88-62-51-40-37-34-31-26-23-20-17-14-11-8-3)79(101)94-74(82(4,5)106)80(102)92-70(55-46-50-61-86)78(100)91-69(54-45-49-60-85)77(99)90-68(53-44-48-59-84)76(98)89-67(75(87)97)52-43-47-58-83/h66-71,74,106H,6-65,83-86H2,1-5H3,(H2,87,97)(H,89,98)(H,90,99)(H,91,100)(H,92,102)(H,94,101)(H2,88,93,103)/t66?,67-,68-,69-,70-,71-,74+/m0/s1. The number of hydrogen-bond donors (Lipinski definition) is 13.